The molecule has 11 aromatic carbocycles. The quantitative estimate of drug-likeness (QED) is 0.150. The zero-order chi connectivity index (χ0) is 52.7. The lowest BCUT2D eigenvalue weighted by atomic mass is 9.74. The van der Waals surface area contributed by atoms with E-state index in [1.807, 2.05) is 0 Å². The molecule has 78 heavy (non-hydrogen) atoms. The molecular weight excluding hydrogens is 943 g/mol. The van der Waals surface area contributed by atoms with Gasteiger partial charge in [0.05, 0.1) is 16.7 Å². The molecule has 1 aliphatic heterocycles. The van der Waals surface area contributed by atoms with Gasteiger partial charge in [-0.1, -0.05) is 199 Å². The molecular formula is C75H59N3. The molecule has 374 valence electrons. The third kappa shape index (κ3) is 6.77. The van der Waals surface area contributed by atoms with Crippen LogP contribution < -0.4 is 9.80 Å². The van der Waals surface area contributed by atoms with Gasteiger partial charge >= 0.3 is 0 Å². The summed E-state index contributed by atoms with van der Waals surface area (Å²) >= 11 is 0. The summed E-state index contributed by atoms with van der Waals surface area (Å²) in [6, 6.07) is 93.4. The Kier molecular flexibility index (Phi) is 10.0. The van der Waals surface area contributed by atoms with Crippen molar-refractivity contribution in [3.05, 3.63) is 282 Å². The summed E-state index contributed by atoms with van der Waals surface area (Å²) in [6.45, 7) is 14.3. The predicted molar refractivity (Wildman–Crippen MR) is 328 cm³/mol. The number of anilines is 6. The largest absolute Gasteiger partial charge is 0.310 e. The average Bonchev–Trinajstić information content (AvgIpc) is 4.14. The van der Waals surface area contributed by atoms with Crippen LogP contribution in [0, 0.1) is 0 Å². The zero-order valence-corrected chi connectivity index (χ0v) is 45.0. The maximum Gasteiger partial charge on any atom is 0.0582 e. The van der Waals surface area contributed by atoms with Crippen LogP contribution in [0.25, 0.3) is 72.0 Å². The molecule has 0 N–H and O–H groups in total. The Morgan fingerprint density at radius 2 is 0.718 bits per heavy atom. The van der Waals surface area contributed by atoms with Gasteiger partial charge in [0, 0.05) is 61.1 Å². The third-order valence-electron chi connectivity index (χ3n) is 17.9. The van der Waals surface area contributed by atoms with E-state index in [-0.39, 0.29) is 16.2 Å². The minimum atomic E-state index is -0.276. The molecule has 0 radical (unpaired) electrons. The first kappa shape index (κ1) is 46.1. The topological polar surface area (TPSA) is 11.4 Å². The van der Waals surface area contributed by atoms with Gasteiger partial charge in [-0.15, -0.1) is 0 Å². The van der Waals surface area contributed by atoms with Gasteiger partial charge in [0.1, 0.15) is 0 Å². The van der Waals surface area contributed by atoms with E-state index in [9.17, 15) is 0 Å². The van der Waals surface area contributed by atoms with Crippen molar-refractivity contribution in [2.24, 2.45) is 0 Å². The van der Waals surface area contributed by atoms with Crippen LogP contribution in [-0.4, -0.2) is 4.57 Å². The van der Waals surface area contributed by atoms with Crippen molar-refractivity contribution in [3.63, 3.8) is 0 Å². The smallest absolute Gasteiger partial charge is 0.0582 e. The summed E-state index contributed by atoms with van der Waals surface area (Å²) in [5.41, 5.74) is 27.7. The highest BCUT2D eigenvalue weighted by Gasteiger charge is 2.39. The lowest BCUT2D eigenvalue weighted by molar-refractivity contribution is 0.630. The van der Waals surface area contributed by atoms with E-state index < -0.39 is 0 Å². The molecule has 0 atom stereocenters. The Balaban J connectivity index is 1.01. The molecule has 15 rings (SSSR count). The molecule has 0 saturated carbocycles. The number of benzene rings is 11. The van der Waals surface area contributed by atoms with Gasteiger partial charge in [0.2, 0.25) is 0 Å². The zero-order valence-electron chi connectivity index (χ0n) is 45.0. The highest BCUT2D eigenvalue weighted by Crippen LogP contribution is 2.55. The second kappa shape index (κ2) is 16.9. The van der Waals surface area contributed by atoms with E-state index in [1.54, 1.807) is 0 Å². The maximum atomic E-state index is 2.52. The minimum absolute atomic E-state index is 0.178. The Morgan fingerprint density at radius 3 is 1.33 bits per heavy atom. The molecule has 0 bridgehead atoms. The number of hydrogen-bond acceptors (Lipinski definition) is 2. The third-order valence-corrected chi connectivity index (χ3v) is 17.9. The van der Waals surface area contributed by atoms with Gasteiger partial charge in [0.15, 0.2) is 0 Å². The summed E-state index contributed by atoms with van der Waals surface area (Å²) in [5, 5.41) is 2.52. The molecule has 2 aliphatic carbocycles. The van der Waals surface area contributed by atoms with Crippen molar-refractivity contribution in [1.29, 1.82) is 0 Å². The lowest BCUT2D eigenvalue weighted by Crippen LogP contribution is -2.26. The van der Waals surface area contributed by atoms with E-state index in [2.05, 4.69) is 305 Å². The number of fused-ring (bicyclic) bond motifs is 11. The lowest BCUT2D eigenvalue weighted by Gasteiger charge is -2.35. The SMILES string of the molecule is CC1(C)c2ccccc2-c2ccc(N(c3ccccc3)c3cc(-c4cc5c6c(c4)c4ccccc4n6-c4ccccc4C5(C)C)cc(N(c4ccc(-c5ccccc5)cc4)c4ccc5c(c4)C(C)(C)c4ccccc4-5)c3)cc21. The van der Waals surface area contributed by atoms with E-state index in [4.69, 9.17) is 0 Å². The van der Waals surface area contributed by atoms with Crippen LogP contribution in [0.4, 0.5) is 34.1 Å². The van der Waals surface area contributed by atoms with Gasteiger partial charge in [-0.2, -0.15) is 0 Å². The standard InChI is InChI=1S/C75H59N3/c1-73(2)64-28-16-13-25-58(64)60-39-37-54(46-67(60)73)76(52-23-11-8-12-24-52)56-41-50(51-43-63-62-27-15-19-31-70(62)78-71-32-20-18-30-66(71)75(5,6)69(44-51)72(63)78)42-57(45-56)77(53-35-33-49(34-36-53)48-21-9-7-10-22-48)55-38-40-61-59-26-14-17-29-65(59)74(3,4)68(61)47-55/h7-47H,1-6H3. The van der Waals surface area contributed by atoms with Crippen molar-refractivity contribution in [2.45, 2.75) is 57.8 Å². The molecule has 0 amide bonds. The van der Waals surface area contributed by atoms with E-state index in [0.717, 1.165) is 39.7 Å². The minimum Gasteiger partial charge on any atom is -0.310 e. The van der Waals surface area contributed by atoms with Crippen LogP contribution >= 0.6 is 0 Å². The predicted octanol–water partition coefficient (Wildman–Crippen LogP) is 20.3. The van der Waals surface area contributed by atoms with Gasteiger partial charge in [0.25, 0.3) is 0 Å². The fourth-order valence-electron chi connectivity index (χ4n) is 13.9. The van der Waals surface area contributed by atoms with Crippen LogP contribution in [0.1, 0.15) is 74.9 Å². The molecule has 2 heterocycles. The molecule has 0 unspecified atom stereocenters. The second-order valence-corrected chi connectivity index (χ2v) is 23.4. The number of nitrogens with zero attached hydrogens (tertiary/aromatic N) is 3. The summed E-state index contributed by atoms with van der Waals surface area (Å²) in [7, 11) is 0. The molecule has 3 aliphatic rings. The average molecular weight is 1000 g/mol. The highest BCUT2D eigenvalue weighted by atomic mass is 15.2. The first-order valence-electron chi connectivity index (χ1n) is 27.6. The Bertz CT molecular complexity index is 4400. The first-order chi connectivity index (χ1) is 37.9. The Hall–Kier alpha value is -9.18. The van der Waals surface area contributed by atoms with Crippen molar-refractivity contribution in [2.75, 3.05) is 9.80 Å². The van der Waals surface area contributed by atoms with Gasteiger partial charge < -0.3 is 14.4 Å². The van der Waals surface area contributed by atoms with Crippen LogP contribution in [0.5, 0.6) is 0 Å². The van der Waals surface area contributed by atoms with Gasteiger partial charge in [-0.05, 0) is 169 Å². The van der Waals surface area contributed by atoms with Gasteiger partial charge in [-0.3, -0.25) is 0 Å². The molecule has 0 fully saturated rings. The number of aromatic nitrogens is 1. The fourth-order valence-corrected chi connectivity index (χ4v) is 13.9. The molecule has 0 spiro atoms. The monoisotopic (exact) mass is 1000 g/mol. The van der Waals surface area contributed by atoms with Crippen molar-refractivity contribution in [1.82, 2.24) is 4.57 Å². The van der Waals surface area contributed by atoms with Crippen LogP contribution in [-0.2, 0) is 16.2 Å². The molecule has 12 aromatic rings. The highest BCUT2D eigenvalue weighted by molar-refractivity contribution is 6.13. The number of para-hydroxylation sites is 3. The normalized spacial score (nSPS) is 14.6. The van der Waals surface area contributed by atoms with Crippen LogP contribution in [0.3, 0.4) is 0 Å². The Labute approximate surface area is 458 Å². The van der Waals surface area contributed by atoms with Crippen molar-refractivity contribution >= 4 is 55.9 Å². The van der Waals surface area contributed by atoms with E-state index >= 15 is 0 Å². The molecule has 3 heteroatoms. The summed E-state index contributed by atoms with van der Waals surface area (Å²) in [4.78, 5) is 4.99. The number of rotatable bonds is 8. The summed E-state index contributed by atoms with van der Waals surface area (Å²) < 4.78 is 2.52. The van der Waals surface area contributed by atoms with E-state index in [0.29, 0.717) is 0 Å². The number of hydrogen-bond donors (Lipinski definition) is 0. The van der Waals surface area contributed by atoms with Crippen LogP contribution in [0.2, 0.25) is 0 Å². The van der Waals surface area contributed by atoms with Crippen molar-refractivity contribution < 1.29 is 0 Å². The van der Waals surface area contributed by atoms with Crippen molar-refractivity contribution in [3.8, 4) is 50.2 Å². The summed E-state index contributed by atoms with van der Waals surface area (Å²) in [6.07, 6.45) is 0. The first-order valence-corrected chi connectivity index (χ1v) is 27.6. The van der Waals surface area contributed by atoms with Crippen LogP contribution in [0.15, 0.2) is 249 Å². The second-order valence-electron chi connectivity index (χ2n) is 23.4. The maximum absolute atomic E-state index is 2.52. The molecule has 3 nitrogen and oxygen atoms in total. The fraction of sp³-hybridized carbons (Fsp3) is 0.120. The summed E-state index contributed by atoms with van der Waals surface area (Å²) in [5.74, 6) is 0. The molecule has 0 saturated heterocycles. The Morgan fingerprint density at radius 1 is 0.269 bits per heavy atom. The molecule has 1 aromatic heterocycles. The van der Waals surface area contributed by atoms with E-state index in [1.165, 1.54) is 99.8 Å². The van der Waals surface area contributed by atoms with Gasteiger partial charge in [-0.25, -0.2) is 0 Å².